The molecule has 1 heterocycles. The Bertz CT molecular complexity index is 430. The summed E-state index contributed by atoms with van der Waals surface area (Å²) in [7, 11) is 0. The number of benzene rings is 1. The summed E-state index contributed by atoms with van der Waals surface area (Å²) in [5.41, 5.74) is 0.749. The van der Waals surface area contributed by atoms with Crippen molar-refractivity contribution >= 4 is 11.6 Å². The van der Waals surface area contributed by atoms with Crippen LogP contribution in [0.4, 0.5) is 4.39 Å². The van der Waals surface area contributed by atoms with Gasteiger partial charge in [-0.25, -0.2) is 4.39 Å². The van der Waals surface area contributed by atoms with Crippen LogP contribution in [0, 0.1) is 12.7 Å². The van der Waals surface area contributed by atoms with E-state index in [1.165, 1.54) is 12.1 Å². The molecule has 0 saturated carbocycles. The Balaban J connectivity index is 2.54. The van der Waals surface area contributed by atoms with E-state index in [2.05, 4.69) is 10.2 Å². The first kappa shape index (κ1) is 9.15. The molecule has 0 bridgehead atoms. The van der Waals surface area contributed by atoms with Gasteiger partial charge in [-0.05, 0) is 42.8 Å². The van der Waals surface area contributed by atoms with Gasteiger partial charge in [-0.1, -0.05) is 0 Å². The molecule has 0 unspecified atom stereocenters. The minimum atomic E-state index is -0.282. The first-order chi connectivity index (χ1) is 6.68. The van der Waals surface area contributed by atoms with Crippen LogP contribution in [0.15, 0.2) is 24.3 Å². The molecule has 14 heavy (non-hydrogen) atoms. The number of aromatic nitrogens is 3. The maximum absolute atomic E-state index is 12.7. The zero-order valence-corrected chi connectivity index (χ0v) is 8.16. The van der Waals surface area contributed by atoms with Gasteiger partial charge in [0.1, 0.15) is 11.6 Å². The van der Waals surface area contributed by atoms with Crippen molar-refractivity contribution in [1.29, 1.82) is 0 Å². The number of hydrogen-bond acceptors (Lipinski definition) is 2. The molecule has 0 aliphatic rings. The standard InChI is InChI=1S/C9H7ClFN3/c1-6-12-13-9(10)14(6)8-4-2-7(11)3-5-8/h2-5H,1H3. The molecular weight excluding hydrogens is 205 g/mol. The molecule has 1 aromatic carbocycles. The van der Waals surface area contributed by atoms with Gasteiger partial charge in [-0.2, -0.15) is 0 Å². The summed E-state index contributed by atoms with van der Waals surface area (Å²) in [4.78, 5) is 0. The fourth-order valence-electron chi connectivity index (χ4n) is 1.22. The highest BCUT2D eigenvalue weighted by Gasteiger charge is 2.07. The lowest BCUT2D eigenvalue weighted by Gasteiger charge is -2.03. The van der Waals surface area contributed by atoms with Crippen molar-refractivity contribution in [2.24, 2.45) is 0 Å². The van der Waals surface area contributed by atoms with Crippen molar-refractivity contribution in [3.8, 4) is 5.69 Å². The Labute approximate surface area is 85.1 Å². The molecule has 2 rings (SSSR count). The van der Waals surface area contributed by atoms with Gasteiger partial charge in [0.05, 0.1) is 0 Å². The molecule has 0 atom stereocenters. The van der Waals surface area contributed by atoms with E-state index < -0.39 is 0 Å². The molecule has 0 radical (unpaired) electrons. The zero-order chi connectivity index (χ0) is 10.1. The van der Waals surface area contributed by atoms with Crippen LogP contribution in [-0.2, 0) is 0 Å². The summed E-state index contributed by atoms with van der Waals surface area (Å²) < 4.78 is 14.3. The molecular formula is C9H7ClFN3. The van der Waals surface area contributed by atoms with Crippen LogP contribution in [0.5, 0.6) is 0 Å². The summed E-state index contributed by atoms with van der Waals surface area (Å²) in [6.45, 7) is 1.78. The highest BCUT2D eigenvalue weighted by molar-refractivity contribution is 6.28. The van der Waals surface area contributed by atoms with E-state index in [4.69, 9.17) is 11.6 Å². The summed E-state index contributed by atoms with van der Waals surface area (Å²) in [5, 5.41) is 7.77. The van der Waals surface area contributed by atoms with Crippen LogP contribution in [-0.4, -0.2) is 14.8 Å². The van der Waals surface area contributed by atoms with E-state index in [1.807, 2.05) is 0 Å². The molecule has 0 saturated heterocycles. The number of halogens is 2. The molecule has 1 aromatic heterocycles. The zero-order valence-electron chi connectivity index (χ0n) is 7.41. The first-order valence-corrected chi connectivity index (χ1v) is 4.40. The summed E-state index contributed by atoms with van der Waals surface area (Å²) in [5.74, 6) is 0.386. The molecule has 0 aliphatic heterocycles. The van der Waals surface area contributed by atoms with Crippen molar-refractivity contribution in [2.45, 2.75) is 6.92 Å². The number of rotatable bonds is 1. The average Bonchev–Trinajstić information content (AvgIpc) is 2.49. The lowest BCUT2D eigenvalue weighted by Crippen LogP contribution is -1.96. The van der Waals surface area contributed by atoms with Crippen LogP contribution in [0.1, 0.15) is 5.82 Å². The van der Waals surface area contributed by atoms with E-state index in [1.54, 1.807) is 23.6 Å². The molecule has 5 heteroatoms. The van der Waals surface area contributed by atoms with E-state index >= 15 is 0 Å². The number of hydrogen-bond donors (Lipinski definition) is 0. The Hall–Kier alpha value is -1.42. The molecule has 3 nitrogen and oxygen atoms in total. The third-order valence-electron chi connectivity index (χ3n) is 1.87. The van der Waals surface area contributed by atoms with Crippen LogP contribution in [0.25, 0.3) is 5.69 Å². The minimum absolute atomic E-state index is 0.272. The maximum Gasteiger partial charge on any atom is 0.229 e. The Morgan fingerprint density at radius 3 is 2.36 bits per heavy atom. The van der Waals surface area contributed by atoms with Crippen molar-refractivity contribution in [1.82, 2.24) is 14.8 Å². The van der Waals surface area contributed by atoms with Gasteiger partial charge < -0.3 is 0 Å². The Morgan fingerprint density at radius 1 is 1.21 bits per heavy atom. The molecule has 0 aliphatic carbocycles. The molecule has 2 aromatic rings. The normalized spacial score (nSPS) is 10.5. The van der Waals surface area contributed by atoms with Gasteiger partial charge in [-0.3, -0.25) is 4.57 Å². The second kappa shape index (κ2) is 3.38. The molecule has 0 fully saturated rings. The highest BCUT2D eigenvalue weighted by Crippen LogP contribution is 2.16. The van der Waals surface area contributed by atoms with Crippen molar-refractivity contribution < 1.29 is 4.39 Å². The van der Waals surface area contributed by atoms with Crippen LogP contribution < -0.4 is 0 Å². The van der Waals surface area contributed by atoms with Crippen LogP contribution in [0.2, 0.25) is 5.28 Å². The van der Waals surface area contributed by atoms with Gasteiger partial charge in [0, 0.05) is 5.69 Å². The summed E-state index contributed by atoms with van der Waals surface area (Å²) >= 11 is 5.81. The largest absolute Gasteiger partial charge is 0.270 e. The quantitative estimate of drug-likeness (QED) is 0.725. The monoisotopic (exact) mass is 211 g/mol. The maximum atomic E-state index is 12.7. The molecule has 0 amide bonds. The topological polar surface area (TPSA) is 30.7 Å². The second-order valence-corrected chi connectivity index (χ2v) is 3.17. The predicted molar refractivity (Wildman–Crippen MR) is 51.1 cm³/mol. The van der Waals surface area contributed by atoms with Gasteiger partial charge in [0.2, 0.25) is 5.28 Å². The number of nitrogens with zero attached hydrogens (tertiary/aromatic N) is 3. The lowest BCUT2D eigenvalue weighted by atomic mass is 10.3. The average molecular weight is 212 g/mol. The van der Waals surface area contributed by atoms with Crippen molar-refractivity contribution in [3.05, 3.63) is 41.2 Å². The third-order valence-corrected chi connectivity index (χ3v) is 2.11. The van der Waals surface area contributed by atoms with E-state index in [0.717, 1.165) is 5.69 Å². The highest BCUT2D eigenvalue weighted by atomic mass is 35.5. The summed E-state index contributed by atoms with van der Waals surface area (Å²) in [6, 6.07) is 5.98. The predicted octanol–water partition coefficient (Wildman–Crippen LogP) is 2.37. The molecule has 0 spiro atoms. The van der Waals surface area contributed by atoms with Crippen molar-refractivity contribution in [2.75, 3.05) is 0 Å². The summed E-state index contributed by atoms with van der Waals surface area (Å²) in [6.07, 6.45) is 0. The SMILES string of the molecule is Cc1nnc(Cl)n1-c1ccc(F)cc1. The molecule has 72 valence electrons. The Morgan fingerprint density at radius 2 is 1.86 bits per heavy atom. The van der Waals surface area contributed by atoms with Gasteiger partial charge in [0.25, 0.3) is 0 Å². The second-order valence-electron chi connectivity index (χ2n) is 2.83. The van der Waals surface area contributed by atoms with Crippen LogP contribution in [0.3, 0.4) is 0 Å². The lowest BCUT2D eigenvalue weighted by molar-refractivity contribution is 0.627. The van der Waals surface area contributed by atoms with Gasteiger partial charge in [-0.15, -0.1) is 10.2 Å². The molecule has 0 N–H and O–H groups in total. The third kappa shape index (κ3) is 1.48. The Kier molecular flexibility index (Phi) is 2.21. The number of aryl methyl sites for hydroxylation is 1. The minimum Gasteiger partial charge on any atom is -0.270 e. The van der Waals surface area contributed by atoms with E-state index in [0.29, 0.717) is 5.82 Å². The van der Waals surface area contributed by atoms with E-state index in [9.17, 15) is 4.39 Å². The first-order valence-electron chi connectivity index (χ1n) is 4.02. The fourth-order valence-corrected chi connectivity index (χ4v) is 1.48. The van der Waals surface area contributed by atoms with Crippen molar-refractivity contribution in [3.63, 3.8) is 0 Å². The smallest absolute Gasteiger partial charge is 0.229 e. The van der Waals surface area contributed by atoms with Gasteiger partial charge in [0.15, 0.2) is 0 Å². The van der Waals surface area contributed by atoms with Crippen LogP contribution >= 0.6 is 11.6 Å². The van der Waals surface area contributed by atoms with E-state index in [-0.39, 0.29) is 11.1 Å². The van der Waals surface area contributed by atoms with Gasteiger partial charge >= 0.3 is 0 Å². The fraction of sp³-hybridized carbons (Fsp3) is 0.111.